The van der Waals surface area contributed by atoms with Crippen molar-refractivity contribution in [3.63, 3.8) is 0 Å². The van der Waals surface area contributed by atoms with Crippen LogP contribution in [-0.2, 0) is 17.1 Å². The van der Waals surface area contributed by atoms with E-state index >= 15 is 0 Å². The summed E-state index contributed by atoms with van der Waals surface area (Å²) in [5.74, 6) is 0.789. The first-order valence-corrected chi connectivity index (χ1v) is 7.92. The molecule has 2 aromatic heterocycles. The predicted molar refractivity (Wildman–Crippen MR) is 72.8 cm³/mol. The number of hydrogen-bond donors (Lipinski definition) is 1. The van der Waals surface area contributed by atoms with E-state index in [2.05, 4.69) is 19.2 Å². The van der Waals surface area contributed by atoms with Crippen LogP contribution in [0, 0.1) is 6.92 Å². The largest absolute Gasteiger partial charge is 0.281 e. The standard InChI is InChI=1S/C10H15N5O2S2/c1-6(2)8-12-10(18-13-8)14-19(16,17)9-7(3)5-11-15(9)4/h5-6H,1-4H3,(H,12,13,14). The molecule has 0 unspecified atom stereocenters. The van der Waals surface area contributed by atoms with Gasteiger partial charge >= 0.3 is 0 Å². The van der Waals surface area contributed by atoms with Crippen molar-refractivity contribution in [2.75, 3.05) is 4.72 Å². The maximum Gasteiger partial charge on any atom is 0.281 e. The van der Waals surface area contributed by atoms with Gasteiger partial charge in [0.05, 0.1) is 6.20 Å². The van der Waals surface area contributed by atoms with E-state index < -0.39 is 10.0 Å². The molecule has 2 heterocycles. The Hall–Kier alpha value is -1.48. The highest BCUT2D eigenvalue weighted by Gasteiger charge is 2.23. The fraction of sp³-hybridized carbons (Fsp3) is 0.500. The van der Waals surface area contributed by atoms with Gasteiger partial charge in [0.1, 0.15) is 5.82 Å². The van der Waals surface area contributed by atoms with E-state index in [4.69, 9.17) is 0 Å². The van der Waals surface area contributed by atoms with Gasteiger partial charge in [-0.05, 0) is 6.92 Å². The SMILES string of the molecule is Cc1cnn(C)c1S(=O)(=O)Nc1nc(C(C)C)ns1. The molecule has 0 aromatic carbocycles. The molecule has 9 heteroatoms. The molecule has 104 valence electrons. The summed E-state index contributed by atoms with van der Waals surface area (Å²) in [5.41, 5.74) is 0.587. The molecule has 0 radical (unpaired) electrons. The van der Waals surface area contributed by atoms with Gasteiger partial charge in [0.25, 0.3) is 10.0 Å². The highest BCUT2D eigenvalue weighted by atomic mass is 32.2. The Labute approximate surface area is 115 Å². The summed E-state index contributed by atoms with van der Waals surface area (Å²) < 4.78 is 32.4. The van der Waals surface area contributed by atoms with Gasteiger partial charge in [0.15, 0.2) is 5.03 Å². The second-order valence-electron chi connectivity index (χ2n) is 4.47. The molecule has 0 aliphatic carbocycles. The highest BCUT2D eigenvalue weighted by Crippen LogP contribution is 2.22. The number of sulfonamides is 1. The van der Waals surface area contributed by atoms with Crippen LogP contribution in [0.4, 0.5) is 5.13 Å². The maximum absolute atomic E-state index is 12.3. The average molecular weight is 301 g/mol. The number of aromatic nitrogens is 4. The van der Waals surface area contributed by atoms with Crippen LogP contribution in [0.5, 0.6) is 0 Å². The summed E-state index contributed by atoms with van der Waals surface area (Å²) >= 11 is 1.03. The normalized spacial score (nSPS) is 12.1. The van der Waals surface area contributed by atoms with E-state index in [1.807, 2.05) is 13.8 Å². The van der Waals surface area contributed by atoms with Crippen molar-refractivity contribution in [1.82, 2.24) is 19.1 Å². The first-order chi connectivity index (χ1) is 8.81. The minimum absolute atomic E-state index is 0.133. The molecular weight excluding hydrogens is 286 g/mol. The third kappa shape index (κ3) is 2.76. The van der Waals surface area contributed by atoms with E-state index in [1.54, 1.807) is 14.0 Å². The first kappa shape index (κ1) is 13.9. The Morgan fingerprint density at radius 2 is 2.11 bits per heavy atom. The molecule has 0 amide bonds. The van der Waals surface area contributed by atoms with Crippen LogP contribution in [0.1, 0.15) is 31.2 Å². The molecule has 1 N–H and O–H groups in total. The number of anilines is 1. The second-order valence-corrected chi connectivity index (χ2v) is 6.82. The quantitative estimate of drug-likeness (QED) is 0.924. The predicted octanol–water partition coefficient (Wildman–Crippen LogP) is 1.50. The van der Waals surface area contributed by atoms with Crippen LogP contribution >= 0.6 is 11.5 Å². The summed E-state index contributed by atoms with van der Waals surface area (Å²) in [5, 5.41) is 4.32. The Kier molecular flexibility index (Phi) is 3.59. The summed E-state index contributed by atoms with van der Waals surface area (Å²) in [7, 11) is -2.10. The van der Waals surface area contributed by atoms with Gasteiger partial charge in [-0.25, -0.2) is 4.98 Å². The third-order valence-electron chi connectivity index (χ3n) is 2.49. The first-order valence-electron chi connectivity index (χ1n) is 5.66. The summed E-state index contributed by atoms with van der Waals surface area (Å²) in [6, 6.07) is 0. The van der Waals surface area contributed by atoms with Crippen LogP contribution < -0.4 is 4.72 Å². The van der Waals surface area contributed by atoms with E-state index in [1.165, 1.54) is 10.9 Å². The van der Waals surface area contributed by atoms with Crippen molar-refractivity contribution in [1.29, 1.82) is 0 Å². The van der Waals surface area contributed by atoms with Crippen LogP contribution in [0.15, 0.2) is 11.2 Å². The Bertz CT molecular complexity index is 667. The molecule has 19 heavy (non-hydrogen) atoms. The molecule has 2 rings (SSSR count). The average Bonchev–Trinajstić information content (AvgIpc) is 2.85. The molecule has 0 atom stereocenters. The van der Waals surface area contributed by atoms with Crippen LogP contribution in [-0.4, -0.2) is 27.6 Å². The van der Waals surface area contributed by atoms with Crippen LogP contribution in [0.2, 0.25) is 0 Å². The lowest BCUT2D eigenvalue weighted by molar-refractivity contribution is 0.580. The van der Waals surface area contributed by atoms with Gasteiger partial charge in [-0.15, -0.1) is 0 Å². The lowest BCUT2D eigenvalue weighted by Crippen LogP contribution is -2.17. The second kappa shape index (κ2) is 4.89. The summed E-state index contributed by atoms with van der Waals surface area (Å²) in [4.78, 5) is 4.15. The molecule has 0 fully saturated rings. The molecule has 0 bridgehead atoms. The molecule has 2 aromatic rings. The minimum Gasteiger partial charge on any atom is -0.255 e. The Morgan fingerprint density at radius 3 is 2.58 bits per heavy atom. The number of nitrogens with one attached hydrogen (secondary N) is 1. The number of aryl methyl sites for hydroxylation is 2. The van der Waals surface area contributed by atoms with Crippen LogP contribution in [0.25, 0.3) is 0 Å². The molecule has 0 aliphatic heterocycles. The van der Waals surface area contributed by atoms with Crippen molar-refractivity contribution in [3.8, 4) is 0 Å². The van der Waals surface area contributed by atoms with Gasteiger partial charge in [0, 0.05) is 30.1 Å². The zero-order chi connectivity index (χ0) is 14.2. The van der Waals surface area contributed by atoms with E-state index in [9.17, 15) is 8.42 Å². The minimum atomic E-state index is -3.69. The van der Waals surface area contributed by atoms with Gasteiger partial charge in [-0.3, -0.25) is 9.40 Å². The highest BCUT2D eigenvalue weighted by molar-refractivity contribution is 7.92. The topological polar surface area (TPSA) is 89.8 Å². The summed E-state index contributed by atoms with van der Waals surface area (Å²) in [6.07, 6.45) is 1.51. The Morgan fingerprint density at radius 1 is 1.42 bits per heavy atom. The number of rotatable bonds is 4. The van der Waals surface area contributed by atoms with Gasteiger partial charge < -0.3 is 0 Å². The zero-order valence-electron chi connectivity index (χ0n) is 11.1. The smallest absolute Gasteiger partial charge is 0.255 e. The van der Waals surface area contributed by atoms with Crippen molar-refractivity contribution < 1.29 is 8.42 Å². The maximum atomic E-state index is 12.3. The molecule has 0 spiro atoms. The zero-order valence-corrected chi connectivity index (χ0v) is 12.7. The van der Waals surface area contributed by atoms with Gasteiger partial charge in [-0.2, -0.15) is 17.9 Å². The van der Waals surface area contributed by atoms with E-state index in [0.717, 1.165) is 11.5 Å². The van der Waals surface area contributed by atoms with Crippen molar-refractivity contribution in [2.24, 2.45) is 7.05 Å². The molecule has 0 saturated carbocycles. The monoisotopic (exact) mass is 301 g/mol. The number of hydrogen-bond acceptors (Lipinski definition) is 6. The fourth-order valence-corrected chi connectivity index (χ4v) is 3.88. The van der Waals surface area contributed by atoms with Crippen molar-refractivity contribution in [2.45, 2.75) is 31.7 Å². The van der Waals surface area contributed by atoms with Gasteiger partial charge in [0.2, 0.25) is 5.13 Å². The lowest BCUT2D eigenvalue weighted by Gasteiger charge is -2.06. The molecular formula is C10H15N5O2S2. The van der Waals surface area contributed by atoms with E-state index in [0.29, 0.717) is 11.4 Å². The van der Waals surface area contributed by atoms with Crippen molar-refractivity contribution >= 4 is 26.7 Å². The Balaban J connectivity index is 2.31. The van der Waals surface area contributed by atoms with Gasteiger partial charge in [-0.1, -0.05) is 13.8 Å². The molecule has 7 nitrogen and oxygen atoms in total. The van der Waals surface area contributed by atoms with Crippen LogP contribution in [0.3, 0.4) is 0 Å². The van der Waals surface area contributed by atoms with Crippen molar-refractivity contribution in [3.05, 3.63) is 17.6 Å². The number of nitrogens with zero attached hydrogens (tertiary/aromatic N) is 4. The summed E-state index contributed by atoms with van der Waals surface area (Å²) in [6.45, 7) is 5.60. The molecule has 0 aliphatic rings. The lowest BCUT2D eigenvalue weighted by atomic mass is 10.2. The fourth-order valence-electron chi connectivity index (χ4n) is 1.60. The molecule has 0 saturated heterocycles. The third-order valence-corrected chi connectivity index (χ3v) is 4.82. The van der Waals surface area contributed by atoms with E-state index in [-0.39, 0.29) is 16.1 Å².